The van der Waals surface area contributed by atoms with Crippen LogP contribution in [0.15, 0.2) is 21.3 Å². The van der Waals surface area contributed by atoms with Gasteiger partial charge in [0, 0.05) is 19.0 Å². The Kier molecular flexibility index (Phi) is 4.37. The molecule has 0 unspecified atom stereocenters. The Bertz CT molecular complexity index is 695. The monoisotopic (exact) mass is 346 g/mol. The van der Waals surface area contributed by atoms with Crippen LogP contribution < -0.4 is 5.32 Å². The van der Waals surface area contributed by atoms with E-state index in [0.29, 0.717) is 11.7 Å². The Morgan fingerprint density at radius 1 is 1.46 bits per heavy atom. The summed E-state index contributed by atoms with van der Waals surface area (Å²) in [5.74, 6) is 1.80. The van der Waals surface area contributed by atoms with Crippen LogP contribution in [-0.4, -0.2) is 40.1 Å². The zero-order chi connectivity index (χ0) is 16.5. The van der Waals surface area contributed by atoms with Crippen molar-refractivity contribution < 1.29 is 9.32 Å². The number of piperidine rings is 1. The van der Waals surface area contributed by atoms with Gasteiger partial charge in [0.1, 0.15) is 0 Å². The van der Waals surface area contributed by atoms with E-state index in [1.807, 2.05) is 6.92 Å². The van der Waals surface area contributed by atoms with E-state index < -0.39 is 0 Å². The quantitative estimate of drug-likeness (QED) is 0.900. The minimum absolute atomic E-state index is 0.0327. The summed E-state index contributed by atoms with van der Waals surface area (Å²) in [5, 5.41) is 11.5. The van der Waals surface area contributed by atoms with Gasteiger partial charge in [-0.15, -0.1) is 0 Å². The Balaban J connectivity index is 1.48. The van der Waals surface area contributed by atoms with E-state index in [9.17, 15) is 4.79 Å². The molecule has 1 saturated heterocycles. The summed E-state index contributed by atoms with van der Waals surface area (Å²) in [6.45, 7) is 4.55. The van der Waals surface area contributed by atoms with Gasteiger partial charge < -0.3 is 9.84 Å². The van der Waals surface area contributed by atoms with Crippen LogP contribution in [-0.2, 0) is 11.3 Å². The summed E-state index contributed by atoms with van der Waals surface area (Å²) >= 11 is 1.72. The molecule has 6 nitrogen and oxygen atoms in total. The molecular formula is C17H22N4O2S. The Morgan fingerprint density at radius 3 is 3.00 bits per heavy atom. The van der Waals surface area contributed by atoms with Crippen LogP contribution in [0, 0.1) is 12.8 Å². The SMILES string of the molecule is Cc1noc([C@H]2CCN(Cc3ccsc3)C[C@H]2NC(=O)C2CC2)n1. The summed E-state index contributed by atoms with van der Waals surface area (Å²) in [4.78, 5) is 19.1. The molecule has 1 N–H and O–H groups in total. The highest BCUT2D eigenvalue weighted by Gasteiger charge is 2.38. The molecule has 4 rings (SSSR count). The smallest absolute Gasteiger partial charge is 0.231 e. The number of aromatic nitrogens is 2. The zero-order valence-electron chi connectivity index (χ0n) is 13.8. The molecule has 0 aromatic carbocycles. The van der Waals surface area contributed by atoms with Crippen molar-refractivity contribution in [1.29, 1.82) is 0 Å². The maximum Gasteiger partial charge on any atom is 0.231 e. The third-order valence-electron chi connectivity index (χ3n) is 4.82. The number of amides is 1. The number of carbonyl (C=O) groups is 1. The summed E-state index contributed by atoms with van der Waals surface area (Å²) in [5.41, 5.74) is 1.33. The standard InChI is InChI=1S/C17H22N4O2S/c1-11-18-17(23-20-11)14-4-6-21(8-12-5-7-24-10-12)9-15(14)19-16(22)13-2-3-13/h5,7,10,13-15H,2-4,6,8-9H2,1H3,(H,19,22)/t14-,15+/m0/s1. The van der Waals surface area contributed by atoms with Crippen LogP contribution in [0.3, 0.4) is 0 Å². The Morgan fingerprint density at radius 2 is 2.33 bits per heavy atom. The molecule has 0 spiro atoms. The molecule has 0 radical (unpaired) electrons. The summed E-state index contributed by atoms with van der Waals surface area (Å²) in [6.07, 6.45) is 2.95. The first kappa shape index (κ1) is 15.8. The fourth-order valence-electron chi connectivity index (χ4n) is 3.36. The maximum absolute atomic E-state index is 12.3. The largest absolute Gasteiger partial charge is 0.351 e. The number of hydrogen-bond acceptors (Lipinski definition) is 6. The fraction of sp³-hybridized carbons (Fsp3) is 0.588. The highest BCUT2D eigenvalue weighted by Crippen LogP contribution is 2.32. The van der Waals surface area contributed by atoms with Crippen LogP contribution in [0.4, 0.5) is 0 Å². The minimum atomic E-state index is 0.0327. The number of aryl methyl sites for hydroxylation is 1. The minimum Gasteiger partial charge on any atom is -0.351 e. The van der Waals surface area contributed by atoms with Crippen molar-refractivity contribution in [2.45, 2.75) is 44.7 Å². The van der Waals surface area contributed by atoms with Crippen LogP contribution in [0.1, 0.15) is 42.5 Å². The molecule has 1 aliphatic carbocycles. The number of nitrogens with one attached hydrogen (secondary N) is 1. The molecule has 2 aliphatic rings. The van der Waals surface area contributed by atoms with E-state index in [1.54, 1.807) is 11.3 Å². The number of carbonyl (C=O) groups excluding carboxylic acids is 1. The van der Waals surface area contributed by atoms with Gasteiger partial charge in [0.15, 0.2) is 5.82 Å². The van der Waals surface area contributed by atoms with Crippen molar-refractivity contribution in [2.24, 2.45) is 5.92 Å². The predicted molar refractivity (Wildman–Crippen MR) is 90.6 cm³/mol. The molecule has 128 valence electrons. The van der Waals surface area contributed by atoms with Gasteiger partial charge in [-0.2, -0.15) is 16.3 Å². The lowest BCUT2D eigenvalue weighted by molar-refractivity contribution is -0.123. The Labute approximate surface area is 145 Å². The van der Waals surface area contributed by atoms with Crippen molar-refractivity contribution in [3.05, 3.63) is 34.1 Å². The second-order valence-corrected chi connectivity index (χ2v) is 7.61. The van der Waals surface area contributed by atoms with Crippen LogP contribution in [0.5, 0.6) is 0 Å². The average Bonchev–Trinajstić information content (AvgIpc) is 3.15. The molecule has 7 heteroatoms. The second kappa shape index (κ2) is 6.64. The predicted octanol–water partition coefficient (Wildman–Crippen LogP) is 2.32. The number of nitrogens with zero attached hydrogens (tertiary/aromatic N) is 3. The summed E-state index contributed by atoms with van der Waals surface area (Å²) in [7, 11) is 0. The zero-order valence-corrected chi connectivity index (χ0v) is 14.6. The molecule has 24 heavy (non-hydrogen) atoms. The molecule has 1 saturated carbocycles. The lowest BCUT2D eigenvalue weighted by Gasteiger charge is -2.37. The molecule has 1 amide bonds. The van der Waals surface area contributed by atoms with Crippen molar-refractivity contribution in [1.82, 2.24) is 20.4 Å². The van der Waals surface area contributed by atoms with Gasteiger partial charge in [-0.1, -0.05) is 5.16 Å². The highest BCUT2D eigenvalue weighted by atomic mass is 32.1. The number of rotatable bonds is 5. The first-order valence-electron chi connectivity index (χ1n) is 8.53. The van der Waals surface area contributed by atoms with E-state index in [-0.39, 0.29) is 23.8 Å². The molecule has 0 bridgehead atoms. The Hall–Kier alpha value is -1.73. The lowest BCUT2D eigenvalue weighted by Crippen LogP contribution is -2.51. The van der Waals surface area contributed by atoms with Crippen molar-refractivity contribution in [2.75, 3.05) is 13.1 Å². The number of likely N-dealkylation sites (tertiary alicyclic amines) is 1. The van der Waals surface area contributed by atoms with Crippen LogP contribution in [0.2, 0.25) is 0 Å². The van der Waals surface area contributed by atoms with Gasteiger partial charge in [-0.3, -0.25) is 9.69 Å². The molecule has 2 aromatic heterocycles. The van der Waals surface area contributed by atoms with Gasteiger partial charge in [-0.25, -0.2) is 0 Å². The van der Waals surface area contributed by atoms with Gasteiger partial charge in [-0.05, 0) is 55.1 Å². The first-order chi connectivity index (χ1) is 11.7. The van der Waals surface area contributed by atoms with E-state index in [4.69, 9.17) is 4.52 Å². The average molecular weight is 346 g/mol. The van der Waals surface area contributed by atoms with Gasteiger partial charge in [0.25, 0.3) is 0 Å². The first-order valence-corrected chi connectivity index (χ1v) is 9.47. The fourth-order valence-corrected chi connectivity index (χ4v) is 4.02. The van der Waals surface area contributed by atoms with Gasteiger partial charge in [0.05, 0.1) is 12.0 Å². The molecule has 2 aromatic rings. The third-order valence-corrected chi connectivity index (χ3v) is 5.55. The van der Waals surface area contributed by atoms with Crippen molar-refractivity contribution >= 4 is 17.2 Å². The summed E-state index contributed by atoms with van der Waals surface area (Å²) in [6, 6.07) is 2.20. The highest BCUT2D eigenvalue weighted by molar-refractivity contribution is 7.07. The van der Waals surface area contributed by atoms with Gasteiger partial charge >= 0.3 is 0 Å². The maximum atomic E-state index is 12.3. The van der Waals surface area contributed by atoms with E-state index >= 15 is 0 Å². The van der Waals surface area contributed by atoms with E-state index in [2.05, 4.69) is 37.2 Å². The third kappa shape index (κ3) is 3.52. The molecular weight excluding hydrogens is 324 g/mol. The van der Waals surface area contributed by atoms with Crippen LogP contribution in [0.25, 0.3) is 0 Å². The molecule has 2 atom stereocenters. The molecule has 2 fully saturated rings. The normalized spacial score (nSPS) is 24.9. The molecule has 3 heterocycles. The van der Waals surface area contributed by atoms with Crippen molar-refractivity contribution in [3.8, 4) is 0 Å². The molecule has 1 aliphatic heterocycles. The van der Waals surface area contributed by atoms with Crippen LogP contribution >= 0.6 is 11.3 Å². The van der Waals surface area contributed by atoms with Crippen molar-refractivity contribution in [3.63, 3.8) is 0 Å². The lowest BCUT2D eigenvalue weighted by atomic mass is 9.90. The van der Waals surface area contributed by atoms with E-state index in [1.165, 1.54) is 5.56 Å². The number of thiophene rings is 1. The number of hydrogen-bond donors (Lipinski definition) is 1. The second-order valence-electron chi connectivity index (χ2n) is 6.83. The van der Waals surface area contributed by atoms with Gasteiger partial charge in [0.2, 0.25) is 11.8 Å². The topological polar surface area (TPSA) is 71.3 Å². The van der Waals surface area contributed by atoms with E-state index in [0.717, 1.165) is 38.9 Å². The summed E-state index contributed by atoms with van der Waals surface area (Å²) < 4.78 is 5.40.